The lowest BCUT2D eigenvalue weighted by molar-refractivity contribution is -0.141. The van der Waals surface area contributed by atoms with Crippen LogP contribution in [0.1, 0.15) is 23.2 Å². The van der Waals surface area contributed by atoms with Gasteiger partial charge in [-0.15, -0.1) is 0 Å². The van der Waals surface area contributed by atoms with E-state index in [0.29, 0.717) is 67.8 Å². The number of rotatable bonds is 2. The van der Waals surface area contributed by atoms with Gasteiger partial charge in [-0.05, 0) is 31.0 Å². The fraction of sp³-hybridized carbons (Fsp3) is 0.529. The van der Waals surface area contributed by atoms with Crippen molar-refractivity contribution in [3.8, 4) is 0 Å². The molecule has 2 heterocycles. The van der Waals surface area contributed by atoms with Crippen LogP contribution in [-0.4, -0.2) is 61.0 Å². The van der Waals surface area contributed by atoms with E-state index >= 15 is 0 Å². The van der Waals surface area contributed by atoms with Crippen LogP contribution < -0.4 is 0 Å². The molecule has 0 unspecified atom stereocenters. The van der Waals surface area contributed by atoms with Crippen LogP contribution in [0, 0.1) is 5.92 Å². The van der Waals surface area contributed by atoms with Gasteiger partial charge in [-0.1, -0.05) is 23.2 Å². The van der Waals surface area contributed by atoms with Crippen molar-refractivity contribution in [2.75, 3.05) is 39.4 Å². The maximum atomic E-state index is 12.6. The predicted octanol–water partition coefficient (Wildman–Crippen LogP) is 2.70. The van der Waals surface area contributed by atoms with E-state index in [0.717, 1.165) is 0 Å². The van der Waals surface area contributed by atoms with Gasteiger partial charge in [0.15, 0.2) is 0 Å². The summed E-state index contributed by atoms with van der Waals surface area (Å²) in [6.07, 6.45) is 1.36. The Morgan fingerprint density at radius 3 is 2.33 bits per heavy atom. The van der Waals surface area contributed by atoms with Crippen molar-refractivity contribution in [3.63, 3.8) is 0 Å². The van der Waals surface area contributed by atoms with E-state index in [4.69, 9.17) is 27.9 Å². The summed E-state index contributed by atoms with van der Waals surface area (Å²) in [5.74, 6) is 0.0490. The van der Waals surface area contributed by atoms with Crippen molar-refractivity contribution in [1.29, 1.82) is 0 Å². The molecule has 24 heavy (non-hydrogen) atoms. The Morgan fingerprint density at radius 2 is 1.67 bits per heavy atom. The highest BCUT2D eigenvalue weighted by atomic mass is 35.5. The maximum absolute atomic E-state index is 12.6. The molecule has 0 saturated carbocycles. The molecule has 5 nitrogen and oxygen atoms in total. The van der Waals surface area contributed by atoms with Gasteiger partial charge in [-0.2, -0.15) is 0 Å². The van der Waals surface area contributed by atoms with Crippen LogP contribution in [0.15, 0.2) is 18.2 Å². The fourth-order valence-corrected chi connectivity index (χ4v) is 3.57. The van der Waals surface area contributed by atoms with Gasteiger partial charge < -0.3 is 14.5 Å². The predicted molar refractivity (Wildman–Crippen MR) is 92.5 cm³/mol. The molecule has 1 aromatic rings. The molecule has 7 heteroatoms. The smallest absolute Gasteiger partial charge is 0.255 e. The number of benzene rings is 1. The Morgan fingerprint density at radius 1 is 1.00 bits per heavy atom. The number of morpholine rings is 1. The molecule has 0 aliphatic carbocycles. The van der Waals surface area contributed by atoms with E-state index in [9.17, 15) is 9.59 Å². The van der Waals surface area contributed by atoms with Gasteiger partial charge >= 0.3 is 0 Å². The number of amides is 2. The van der Waals surface area contributed by atoms with Crippen LogP contribution in [-0.2, 0) is 9.53 Å². The summed E-state index contributed by atoms with van der Waals surface area (Å²) < 4.78 is 5.29. The second kappa shape index (κ2) is 7.72. The quantitative estimate of drug-likeness (QED) is 0.803. The molecule has 1 aromatic carbocycles. The first-order chi connectivity index (χ1) is 11.6. The lowest BCUT2D eigenvalue weighted by Gasteiger charge is -2.35. The number of hydrogen-bond donors (Lipinski definition) is 0. The van der Waals surface area contributed by atoms with Crippen molar-refractivity contribution in [1.82, 2.24) is 9.80 Å². The minimum absolute atomic E-state index is 0.0121. The molecular formula is C17H20Cl2N2O3. The molecule has 0 radical (unpaired) electrons. The van der Waals surface area contributed by atoms with Crippen LogP contribution in [0.2, 0.25) is 10.0 Å². The number of carbonyl (C=O) groups excluding carboxylic acids is 2. The molecule has 2 fully saturated rings. The molecule has 0 bridgehead atoms. The molecule has 0 spiro atoms. The molecule has 0 N–H and O–H groups in total. The molecule has 2 aliphatic rings. The van der Waals surface area contributed by atoms with Crippen LogP contribution in [0.3, 0.4) is 0 Å². The summed E-state index contributed by atoms with van der Waals surface area (Å²) in [5, 5.41) is 0.885. The van der Waals surface area contributed by atoms with Crippen LogP contribution in [0.4, 0.5) is 0 Å². The highest BCUT2D eigenvalue weighted by molar-refractivity contribution is 6.35. The average Bonchev–Trinajstić information content (AvgIpc) is 2.63. The van der Waals surface area contributed by atoms with Gasteiger partial charge in [0.1, 0.15) is 0 Å². The zero-order valence-corrected chi connectivity index (χ0v) is 14.9. The molecule has 0 aromatic heterocycles. The van der Waals surface area contributed by atoms with E-state index in [1.165, 1.54) is 0 Å². The third-order valence-electron chi connectivity index (χ3n) is 4.61. The standard InChI is InChI=1S/C17H20Cl2N2O3/c18-13-1-2-15(19)14(11-13)17(23)20-5-3-12(4-6-20)16(22)21-7-9-24-10-8-21/h1-2,11-12H,3-10H2. The van der Waals surface area contributed by atoms with Gasteiger partial charge in [0.05, 0.1) is 23.8 Å². The fourth-order valence-electron chi connectivity index (χ4n) is 3.20. The molecule has 2 amide bonds. The van der Waals surface area contributed by atoms with Crippen molar-refractivity contribution >= 4 is 35.0 Å². The van der Waals surface area contributed by atoms with Crippen molar-refractivity contribution in [3.05, 3.63) is 33.8 Å². The van der Waals surface area contributed by atoms with E-state index in [1.54, 1.807) is 23.1 Å². The first-order valence-electron chi connectivity index (χ1n) is 8.17. The number of likely N-dealkylation sites (tertiary alicyclic amines) is 1. The summed E-state index contributed by atoms with van der Waals surface area (Å²) in [6.45, 7) is 3.66. The molecule has 2 saturated heterocycles. The van der Waals surface area contributed by atoms with Crippen molar-refractivity contribution in [2.24, 2.45) is 5.92 Å². The van der Waals surface area contributed by atoms with Crippen LogP contribution in [0.25, 0.3) is 0 Å². The highest BCUT2D eigenvalue weighted by Crippen LogP contribution is 2.26. The second-order valence-corrected chi connectivity index (χ2v) is 6.97. The van der Waals surface area contributed by atoms with E-state index in [-0.39, 0.29) is 17.7 Å². The summed E-state index contributed by atoms with van der Waals surface area (Å²) >= 11 is 12.1. The van der Waals surface area contributed by atoms with Crippen molar-refractivity contribution in [2.45, 2.75) is 12.8 Å². The van der Waals surface area contributed by atoms with Gasteiger partial charge in [0.25, 0.3) is 5.91 Å². The average molecular weight is 371 g/mol. The minimum Gasteiger partial charge on any atom is -0.378 e. The highest BCUT2D eigenvalue weighted by Gasteiger charge is 2.31. The third kappa shape index (κ3) is 3.85. The number of ether oxygens (including phenoxy) is 1. The molecule has 0 atom stereocenters. The van der Waals surface area contributed by atoms with Gasteiger partial charge in [0, 0.05) is 37.1 Å². The summed E-state index contributed by atoms with van der Waals surface area (Å²) in [4.78, 5) is 28.8. The summed E-state index contributed by atoms with van der Waals surface area (Å²) in [7, 11) is 0. The Labute approximate surface area is 151 Å². The van der Waals surface area contributed by atoms with E-state index in [1.807, 2.05) is 4.90 Å². The number of carbonyl (C=O) groups is 2. The zero-order valence-electron chi connectivity index (χ0n) is 13.3. The van der Waals surface area contributed by atoms with E-state index in [2.05, 4.69) is 0 Å². The normalized spacial score (nSPS) is 19.4. The molecule has 130 valence electrons. The third-order valence-corrected chi connectivity index (χ3v) is 5.18. The number of halogens is 2. The second-order valence-electron chi connectivity index (χ2n) is 6.13. The zero-order chi connectivity index (χ0) is 17.1. The SMILES string of the molecule is O=C(c1cc(Cl)ccc1Cl)N1CCC(C(=O)N2CCOCC2)CC1. The van der Waals surface area contributed by atoms with Gasteiger partial charge in [-0.3, -0.25) is 9.59 Å². The maximum Gasteiger partial charge on any atom is 0.255 e. The van der Waals surface area contributed by atoms with E-state index < -0.39 is 0 Å². The Bertz CT molecular complexity index is 624. The number of nitrogens with zero attached hydrogens (tertiary/aromatic N) is 2. The minimum atomic E-state index is -0.125. The molecule has 2 aliphatic heterocycles. The Balaban J connectivity index is 1.59. The molecule has 3 rings (SSSR count). The monoisotopic (exact) mass is 370 g/mol. The Kier molecular flexibility index (Phi) is 5.64. The first-order valence-corrected chi connectivity index (χ1v) is 8.92. The lowest BCUT2D eigenvalue weighted by Crippen LogP contribution is -2.47. The van der Waals surface area contributed by atoms with Crippen molar-refractivity contribution < 1.29 is 14.3 Å². The molecular weight excluding hydrogens is 351 g/mol. The lowest BCUT2D eigenvalue weighted by atomic mass is 9.94. The first kappa shape index (κ1) is 17.5. The summed E-state index contributed by atoms with van der Waals surface area (Å²) in [6, 6.07) is 4.89. The Hall–Kier alpha value is -1.30. The van der Waals surface area contributed by atoms with Gasteiger partial charge in [-0.25, -0.2) is 0 Å². The largest absolute Gasteiger partial charge is 0.378 e. The van der Waals surface area contributed by atoms with Crippen LogP contribution >= 0.6 is 23.2 Å². The summed E-state index contributed by atoms with van der Waals surface area (Å²) in [5.41, 5.74) is 0.419. The number of piperidine rings is 1. The van der Waals surface area contributed by atoms with Crippen LogP contribution in [0.5, 0.6) is 0 Å². The van der Waals surface area contributed by atoms with Gasteiger partial charge in [0.2, 0.25) is 5.91 Å². The number of hydrogen-bond acceptors (Lipinski definition) is 3. The topological polar surface area (TPSA) is 49.9 Å².